The van der Waals surface area contributed by atoms with E-state index < -0.39 is 18.5 Å². The Morgan fingerprint density at radius 3 is 2.81 bits per heavy atom. The number of hydrogen-bond acceptors (Lipinski definition) is 5. The fourth-order valence-electron chi connectivity index (χ4n) is 2.07. The summed E-state index contributed by atoms with van der Waals surface area (Å²) in [5.74, 6) is -1.16. The first-order valence-corrected chi connectivity index (χ1v) is 9.04. The summed E-state index contributed by atoms with van der Waals surface area (Å²) < 4.78 is 5.93. The standard InChI is InChI=1S/C18H12Cl2N2O3S/c19-11-5-6-12(20)14(9-11)21-16(23)10-25-18(24)8-7-17-22-13-3-1-2-4-15(13)26-17/h1-9H,10H2,(H,21,23)/b8-7+. The second kappa shape index (κ2) is 8.31. The molecule has 0 aliphatic heterocycles. The van der Waals surface area contributed by atoms with Crippen molar-refractivity contribution in [2.24, 2.45) is 0 Å². The minimum absolute atomic E-state index is 0.338. The van der Waals surface area contributed by atoms with Crippen molar-refractivity contribution in [2.75, 3.05) is 11.9 Å². The van der Waals surface area contributed by atoms with Gasteiger partial charge in [0.25, 0.3) is 5.91 Å². The van der Waals surface area contributed by atoms with E-state index in [2.05, 4.69) is 10.3 Å². The van der Waals surface area contributed by atoms with Gasteiger partial charge in [0.15, 0.2) is 6.61 Å². The van der Waals surface area contributed by atoms with Crippen LogP contribution in [0.5, 0.6) is 0 Å². The van der Waals surface area contributed by atoms with Crippen molar-refractivity contribution in [1.29, 1.82) is 0 Å². The maximum Gasteiger partial charge on any atom is 0.331 e. The van der Waals surface area contributed by atoms with Gasteiger partial charge in [-0.1, -0.05) is 35.3 Å². The van der Waals surface area contributed by atoms with Crippen molar-refractivity contribution in [3.05, 3.63) is 63.6 Å². The maximum absolute atomic E-state index is 11.8. The quantitative estimate of drug-likeness (QED) is 0.488. The Bertz CT molecular complexity index is 968. The third-order valence-corrected chi connectivity index (χ3v) is 4.79. The number of ether oxygens (including phenoxy) is 1. The predicted octanol–water partition coefficient (Wildman–Crippen LogP) is 4.80. The Balaban J connectivity index is 1.53. The largest absolute Gasteiger partial charge is 0.452 e. The monoisotopic (exact) mass is 406 g/mol. The number of halogens is 2. The van der Waals surface area contributed by atoms with Crippen LogP contribution in [0.3, 0.4) is 0 Å². The highest BCUT2D eigenvalue weighted by atomic mass is 35.5. The first-order chi connectivity index (χ1) is 12.5. The average Bonchev–Trinajstić information content (AvgIpc) is 3.04. The number of fused-ring (bicyclic) bond motifs is 1. The van der Waals surface area contributed by atoms with E-state index in [9.17, 15) is 9.59 Å². The number of amides is 1. The fraction of sp³-hybridized carbons (Fsp3) is 0.0556. The van der Waals surface area contributed by atoms with E-state index in [4.69, 9.17) is 27.9 Å². The zero-order valence-corrected chi connectivity index (χ0v) is 15.6. The molecule has 2 aromatic carbocycles. The summed E-state index contributed by atoms with van der Waals surface area (Å²) in [4.78, 5) is 28.0. The van der Waals surface area contributed by atoms with Crippen LogP contribution in [0, 0.1) is 0 Å². The van der Waals surface area contributed by atoms with Crippen LogP contribution in [0.15, 0.2) is 48.5 Å². The van der Waals surface area contributed by atoms with Gasteiger partial charge in [-0.3, -0.25) is 4.79 Å². The third-order valence-electron chi connectivity index (χ3n) is 3.22. The summed E-state index contributed by atoms with van der Waals surface area (Å²) in [5.41, 5.74) is 1.22. The Kier molecular flexibility index (Phi) is 5.88. The molecule has 3 rings (SSSR count). The Hall–Kier alpha value is -2.41. The highest BCUT2D eigenvalue weighted by Gasteiger charge is 2.09. The van der Waals surface area contributed by atoms with Gasteiger partial charge >= 0.3 is 5.97 Å². The van der Waals surface area contributed by atoms with Gasteiger partial charge in [-0.05, 0) is 36.4 Å². The van der Waals surface area contributed by atoms with Gasteiger partial charge in [-0.2, -0.15) is 0 Å². The molecule has 1 heterocycles. The van der Waals surface area contributed by atoms with Gasteiger partial charge in [0.1, 0.15) is 5.01 Å². The molecule has 0 aliphatic carbocycles. The lowest BCUT2D eigenvalue weighted by atomic mass is 10.3. The number of nitrogens with one attached hydrogen (secondary N) is 1. The maximum atomic E-state index is 11.8. The number of carbonyl (C=O) groups excluding carboxylic acids is 2. The molecule has 8 heteroatoms. The third kappa shape index (κ3) is 4.82. The number of esters is 1. The van der Waals surface area contributed by atoms with Crippen molar-refractivity contribution in [2.45, 2.75) is 0 Å². The van der Waals surface area contributed by atoms with Crippen LogP contribution < -0.4 is 5.32 Å². The summed E-state index contributed by atoms with van der Waals surface area (Å²) in [6.07, 6.45) is 2.79. The smallest absolute Gasteiger partial charge is 0.331 e. The molecule has 0 aliphatic rings. The van der Waals surface area contributed by atoms with Crippen molar-refractivity contribution < 1.29 is 14.3 Å². The Morgan fingerprint density at radius 2 is 2.00 bits per heavy atom. The number of aromatic nitrogens is 1. The number of anilines is 1. The van der Waals surface area contributed by atoms with E-state index in [0.29, 0.717) is 20.7 Å². The van der Waals surface area contributed by atoms with Crippen LogP contribution in [-0.2, 0) is 14.3 Å². The molecule has 1 amide bonds. The van der Waals surface area contributed by atoms with Crippen LogP contribution in [0.25, 0.3) is 16.3 Å². The molecule has 0 atom stereocenters. The van der Waals surface area contributed by atoms with E-state index in [-0.39, 0.29) is 0 Å². The number of para-hydroxylation sites is 1. The molecular weight excluding hydrogens is 395 g/mol. The highest BCUT2D eigenvalue weighted by Crippen LogP contribution is 2.25. The summed E-state index contributed by atoms with van der Waals surface area (Å²) in [7, 11) is 0. The second-order valence-electron chi connectivity index (χ2n) is 5.13. The summed E-state index contributed by atoms with van der Waals surface area (Å²) in [5, 5.41) is 3.98. The normalized spacial score (nSPS) is 11.0. The molecule has 0 saturated heterocycles. The van der Waals surface area contributed by atoms with Gasteiger partial charge in [0.2, 0.25) is 0 Å². The number of carbonyl (C=O) groups is 2. The van der Waals surface area contributed by atoms with Gasteiger partial charge in [0, 0.05) is 11.1 Å². The van der Waals surface area contributed by atoms with E-state index in [0.717, 1.165) is 10.2 Å². The Morgan fingerprint density at radius 1 is 1.19 bits per heavy atom. The molecule has 0 saturated carbocycles. The molecule has 0 fully saturated rings. The van der Waals surface area contributed by atoms with Gasteiger partial charge in [0.05, 0.1) is 20.9 Å². The Labute approximate surface area is 163 Å². The predicted molar refractivity (Wildman–Crippen MR) is 105 cm³/mol. The molecule has 5 nitrogen and oxygen atoms in total. The van der Waals surface area contributed by atoms with Crippen molar-refractivity contribution in [1.82, 2.24) is 4.98 Å². The topological polar surface area (TPSA) is 68.3 Å². The van der Waals surface area contributed by atoms with E-state index in [1.165, 1.54) is 23.5 Å². The first-order valence-electron chi connectivity index (χ1n) is 7.46. The zero-order chi connectivity index (χ0) is 18.5. The summed E-state index contributed by atoms with van der Waals surface area (Å²) in [6, 6.07) is 12.3. The van der Waals surface area contributed by atoms with Crippen LogP contribution in [-0.4, -0.2) is 23.5 Å². The number of rotatable bonds is 5. The molecule has 26 heavy (non-hydrogen) atoms. The van der Waals surface area contributed by atoms with Crippen molar-refractivity contribution in [3.63, 3.8) is 0 Å². The van der Waals surface area contributed by atoms with Gasteiger partial charge in [-0.25, -0.2) is 9.78 Å². The van der Waals surface area contributed by atoms with E-state index in [1.54, 1.807) is 18.2 Å². The summed E-state index contributed by atoms with van der Waals surface area (Å²) in [6.45, 7) is -0.439. The number of thiazole rings is 1. The molecule has 1 aromatic heterocycles. The van der Waals surface area contributed by atoms with Crippen molar-refractivity contribution >= 4 is 68.4 Å². The van der Waals surface area contributed by atoms with Gasteiger partial charge < -0.3 is 10.1 Å². The second-order valence-corrected chi connectivity index (χ2v) is 7.04. The number of hydrogen-bond donors (Lipinski definition) is 1. The highest BCUT2D eigenvalue weighted by molar-refractivity contribution is 7.19. The van der Waals surface area contributed by atoms with Crippen molar-refractivity contribution in [3.8, 4) is 0 Å². The van der Waals surface area contributed by atoms with Crippen LogP contribution in [0.4, 0.5) is 5.69 Å². The molecule has 0 bridgehead atoms. The molecule has 0 radical (unpaired) electrons. The van der Waals surface area contributed by atoms with Crippen LogP contribution >= 0.6 is 34.5 Å². The van der Waals surface area contributed by atoms with Gasteiger partial charge in [-0.15, -0.1) is 11.3 Å². The van der Waals surface area contributed by atoms with Crippen LogP contribution in [0.2, 0.25) is 10.0 Å². The SMILES string of the molecule is O=C(COC(=O)/C=C/c1nc2ccccc2s1)Nc1cc(Cl)ccc1Cl. The molecule has 132 valence electrons. The molecular formula is C18H12Cl2N2O3S. The lowest BCUT2D eigenvalue weighted by molar-refractivity contribution is -0.142. The van der Waals surface area contributed by atoms with Crippen LogP contribution in [0.1, 0.15) is 5.01 Å². The molecule has 0 unspecified atom stereocenters. The van der Waals surface area contributed by atoms with E-state index in [1.807, 2.05) is 24.3 Å². The number of benzene rings is 2. The lowest BCUT2D eigenvalue weighted by Gasteiger charge is -2.07. The lowest BCUT2D eigenvalue weighted by Crippen LogP contribution is -2.20. The minimum Gasteiger partial charge on any atom is -0.452 e. The fourth-order valence-corrected chi connectivity index (χ4v) is 3.27. The van der Waals surface area contributed by atoms with E-state index >= 15 is 0 Å². The molecule has 3 aromatic rings. The average molecular weight is 407 g/mol. The molecule has 0 spiro atoms. The number of nitrogens with zero attached hydrogens (tertiary/aromatic N) is 1. The zero-order valence-electron chi connectivity index (χ0n) is 13.2. The minimum atomic E-state index is -0.642. The molecule has 1 N–H and O–H groups in total. The summed E-state index contributed by atoms with van der Waals surface area (Å²) >= 11 is 13.3. The first kappa shape index (κ1) is 18.4.